The summed E-state index contributed by atoms with van der Waals surface area (Å²) in [6.45, 7) is 1.95. The maximum Gasteiger partial charge on any atom is 0.228 e. The van der Waals surface area contributed by atoms with Gasteiger partial charge in [0.1, 0.15) is 0 Å². The van der Waals surface area contributed by atoms with Gasteiger partial charge in [0.25, 0.3) is 0 Å². The number of rotatable bonds is 2. The molecule has 1 spiro atoms. The molecule has 0 saturated carbocycles. The summed E-state index contributed by atoms with van der Waals surface area (Å²) in [6, 6.07) is 0. The van der Waals surface area contributed by atoms with Gasteiger partial charge in [0, 0.05) is 26.1 Å². The number of hydrogen-bond donors (Lipinski definition) is 2. The van der Waals surface area contributed by atoms with E-state index in [0.717, 1.165) is 19.4 Å². The average molecular weight is 212 g/mol. The van der Waals surface area contributed by atoms with Crippen LogP contribution in [0.4, 0.5) is 0 Å². The lowest BCUT2D eigenvalue weighted by atomic mass is 9.72. The average Bonchev–Trinajstić information content (AvgIpc) is 2.27. The number of β-lactam (4-membered cyclic amide) rings is 1. The highest BCUT2D eigenvalue weighted by molar-refractivity contribution is 5.89. The maximum absolute atomic E-state index is 11.5. The molecule has 2 heterocycles. The molecule has 2 fully saturated rings. The first-order valence-electron chi connectivity index (χ1n) is 5.35. The van der Waals surface area contributed by atoms with Crippen LogP contribution in [0.25, 0.3) is 0 Å². The van der Waals surface area contributed by atoms with E-state index in [9.17, 15) is 9.59 Å². The predicted octanol–water partition coefficient (Wildman–Crippen LogP) is -0.893. The van der Waals surface area contributed by atoms with Gasteiger partial charge >= 0.3 is 0 Å². The molecule has 0 aromatic rings. The maximum atomic E-state index is 11.5. The largest absolute Gasteiger partial charge is 0.396 e. The lowest BCUT2D eigenvalue weighted by molar-refractivity contribution is -0.148. The molecule has 2 aliphatic rings. The van der Waals surface area contributed by atoms with Crippen LogP contribution in [-0.4, -0.2) is 48.1 Å². The number of carbonyl (C=O) groups is 2. The van der Waals surface area contributed by atoms with Gasteiger partial charge in [-0.3, -0.25) is 9.59 Å². The molecule has 2 saturated heterocycles. The monoisotopic (exact) mass is 212 g/mol. The van der Waals surface area contributed by atoms with Gasteiger partial charge in [0.15, 0.2) is 0 Å². The number of nitrogens with one attached hydrogen (secondary N) is 1. The predicted molar refractivity (Wildman–Crippen MR) is 53.0 cm³/mol. The molecule has 0 aromatic heterocycles. The van der Waals surface area contributed by atoms with E-state index in [1.165, 1.54) is 0 Å². The van der Waals surface area contributed by atoms with Crippen molar-refractivity contribution in [3.63, 3.8) is 0 Å². The zero-order valence-electron chi connectivity index (χ0n) is 8.66. The van der Waals surface area contributed by atoms with Crippen LogP contribution in [0.3, 0.4) is 0 Å². The Kier molecular flexibility index (Phi) is 2.65. The van der Waals surface area contributed by atoms with Crippen molar-refractivity contribution >= 4 is 11.8 Å². The van der Waals surface area contributed by atoms with Crippen molar-refractivity contribution in [2.45, 2.75) is 19.3 Å². The summed E-state index contributed by atoms with van der Waals surface area (Å²) >= 11 is 0. The number of nitrogens with zero attached hydrogens (tertiary/aromatic N) is 1. The molecule has 0 bridgehead atoms. The molecule has 2 aliphatic heterocycles. The summed E-state index contributed by atoms with van der Waals surface area (Å²) in [5.41, 5.74) is -0.185. The Labute approximate surface area is 88.4 Å². The third-order valence-electron chi connectivity index (χ3n) is 3.47. The number of hydrogen-bond acceptors (Lipinski definition) is 3. The summed E-state index contributed by atoms with van der Waals surface area (Å²) < 4.78 is 0. The number of carbonyl (C=O) groups excluding carboxylic acids is 2. The lowest BCUT2D eigenvalue weighted by Crippen LogP contribution is -2.63. The number of likely N-dealkylation sites (tertiary alicyclic amines) is 1. The van der Waals surface area contributed by atoms with Crippen molar-refractivity contribution in [3.05, 3.63) is 0 Å². The number of piperidine rings is 1. The molecule has 2 amide bonds. The van der Waals surface area contributed by atoms with Gasteiger partial charge < -0.3 is 15.3 Å². The minimum Gasteiger partial charge on any atom is -0.396 e. The highest BCUT2D eigenvalue weighted by Gasteiger charge is 2.48. The summed E-state index contributed by atoms with van der Waals surface area (Å²) in [5.74, 6) is 0.129. The zero-order valence-corrected chi connectivity index (χ0v) is 8.66. The smallest absolute Gasteiger partial charge is 0.228 e. The van der Waals surface area contributed by atoms with Crippen LogP contribution in [0, 0.1) is 5.41 Å². The minimum atomic E-state index is -0.185. The van der Waals surface area contributed by atoms with E-state index in [2.05, 4.69) is 5.32 Å². The Balaban J connectivity index is 1.87. The van der Waals surface area contributed by atoms with Crippen LogP contribution in [0.2, 0.25) is 0 Å². The first-order valence-corrected chi connectivity index (χ1v) is 5.35. The molecular weight excluding hydrogens is 196 g/mol. The lowest BCUT2D eigenvalue weighted by Gasteiger charge is -2.46. The van der Waals surface area contributed by atoms with Crippen molar-refractivity contribution in [1.82, 2.24) is 10.2 Å². The van der Waals surface area contributed by atoms with Gasteiger partial charge in [-0.15, -0.1) is 0 Å². The summed E-state index contributed by atoms with van der Waals surface area (Å²) in [7, 11) is 0. The summed E-state index contributed by atoms with van der Waals surface area (Å²) in [6.07, 6.45) is 1.71. The Morgan fingerprint density at radius 2 is 2.13 bits per heavy atom. The van der Waals surface area contributed by atoms with Gasteiger partial charge in [-0.25, -0.2) is 0 Å². The van der Waals surface area contributed by atoms with Gasteiger partial charge in [-0.05, 0) is 12.8 Å². The van der Waals surface area contributed by atoms with Crippen molar-refractivity contribution in [2.75, 3.05) is 26.2 Å². The van der Waals surface area contributed by atoms with Crippen LogP contribution in [0.1, 0.15) is 19.3 Å². The van der Waals surface area contributed by atoms with E-state index < -0.39 is 0 Å². The van der Waals surface area contributed by atoms with Crippen molar-refractivity contribution < 1.29 is 14.7 Å². The third-order valence-corrected chi connectivity index (χ3v) is 3.47. The topological polar surface area (TPSA) is 69.6 Å². The third kappa shape index (κ3) is 1.71. The fraction of sp³-hybridized carbons (Fsp3) is 0.800. The fourth-order valence-electron chi connectivity index (χ4n) is 2.25. The molecular formula is C10H16N2O3. The fourth-order valence-corrected chi connectivity index (χ4v) is 2.25. The second kappa shape index (κ2) is 3.81. The van der Waals surface area contributed by atoms with Crippen LogP contribution >= 0.6 is 0 Å². The van der Waals surface area contributed by atoms with Crippen LogP contribution < -0.4 is 5.32 Å². The standard InChI is InChI=1S/C10H16N2O3/c13-6-1-8(14)12-4-2-10(3-5-12)7-11-9(10)15/h13H,1-7H2,(H,11,15). The molecule has 84 valence electrons. The molecule has 0 radical (unpaired) electrons. The first kappa shape index (κ1) is 10.4. The van der Waals surface area contributed by atoms with Gasteiger partial charge in [0.05, 0.1) is 12.0 Å². The Bertz CT molecular complexity index is 282. The van der Waals surface area contributed by atoms with Crippen molar-refractivity contribution in [2.24, 2.45) is 5.41 Å². The van der Waals surface area contributed by atoms with Crippen molar-refractivity contribution in [1.29, 1.82) is 0 Å². The number of aliphatic hydroxyl groups is 1. The highest BCUT2D eigenvalue weighted by Crippen LogP contribution is 2.36. The van der Waals surface area contributed by atoms with Crippen LogP contribution in [0.15, 0.2) is 0 Å². The van der Waals surface area contributed by atoms with Gasteiger partial charge in [-0.2, -0.15) is 0 Å². The molecule has 0 atom stereocenters. The molecule has 15 heavy (non-hydrogen) atoms. The van der Waals surface area contributed by atoms with E-state index in [-0.39, 0.29) is 30.3 Å². The summed E-state index contributed by atoms with van der Waals surface area (Å²) in [5, 5.41) is 11.4. The SMILES string of the molecule is O=C(CCO)N1CCC2(CC1)CNC2=O. The number of aliphatic hydroxyl groups excluding tert-OH is 1. The summed E-state index contributed by atoms with van der Waals surface area (Å²) in [4.78, 5) is 24.6. The van der Waals surface area contributed by atoms with Crippen LogP contribution in [-0.2, 0) is 9.59 Å². The van der Waals surface area contributed by atoms with E-state index in [0.29, 0.717) is 13.1 Å². The minimum absolute atomic E-state index is 0.00733. The highest BCUT2D eigenvalue weighted by atomic mass is 16.3. The van der Waals surface area contributed by atoms with Crippen LogP contribution in [0.5, 0.6) is 0 Å². The Morgan fingerprint density at radius 1 is 1.47 bits per heavy atom. The van der Waals surface area contributed by atoms with E-state index in [1.54, 1.807) is 4.90 Å². The molecule has 2 rings (SSSR count). The Hall–Kier alpha value is -1.10. The molecule has 5 heteroatoms. The molecule has 2 N–H and O–H groups in total. The normalized spacial score (nSPS) is 23.5. The zero-order chi connectivity index (χ0) is 10.9. The molecule has 0 aliphatic carbocycles. The van der Waals surface area contributed by atoms with E-state index >= 15 is 0 Å². The molecule has 5 nitrogen and oxygen atoms in total. The second-order valence-corrected chi connectivity index (χ2v) is 4.32. The Morgan fingerprint density at radius 3 is 2.53 bits per heavy atom. The van der Waals surface area contributed by atoms with E-state index in [4.69, 9.17) is 5.11 Å². The van der Waals surface area contributed by atoms with Gasteiger partial charge in [-0.1, -0.05) is 0 Å². The van der Waals surface area contributed by atoms with Gasteiger partial charge in [0.2, 0.25) is 11.8 Å². The quantitative estimate of drug-likeness (QED) is 0.583. The first-order chi connectivity index (χ1) is 7.18. The molecule has 0 unspecified atom stereocenters. The second-order valence-electron chi connectivity index (χ2n) is 4.32. The molecule has 0 aromatic carbocycles. The van der Waals surface area contributed by atoms with E-state index in [1.807, 2.05) is 0 Å². The van der Waals surface area contributed by atoms with Crippen molar-refractivity contribution in [3.8, 4) is 0 Å². The number of amides is 2.